The zero-order valence-corrected chi connectivity index (χ0v) is 27.0. The van der Waals surface area contributed by atoms with Crippen molar-refractivity contribution in [1.29, 1.82) is 0 Å². The molecule has 0 aromatic heterocycles. The van der Waals surface area contributed by atoms with Gasteiger partial charge in [-0.3, -0.25) is 10.2 Å². The summed E-state index contributed by atoms with van der Waals surface area (Å²) in [6.07, 6.45) is 0.110. The van der Waals surface area contributed by atoms with Crippen molar-refractivity contribution in [2.45, 2.75) is 31.0 Å². The lowest BCUT2D eigenvalue weighted by Gasteiger charge is -2.31. The quantitative estimate of drug-likeness (QED) is 0.109. The van der Waals surface area contributed by atoms with Gasteiger partial charge in [0.25, 0.3) is 5.91 Å². The lowest BCUT2D eigenvalue weighted by molar-refractivity contribution is -0.130. The molecule has 1 aliphatic heterocycles. The van der Waals surface area contributed by atoms with E-state index >= 15 is 0 Å². The number of halogens is 3. The molecule has 3 N–H and O–H groups in total. The summed E-state index contributed by atoms with van der Waals surface area (Å²) in [5.41, 5.74) is 7.90. The molecule has 0 radical (unpaired) electrons. The second kappa shape index (κ2) is 14.5. The Morgan fingerprint density at radius 2 is 1.63 bits per heavy atom. The van der Waals surface area contributed by atoms with Crippen LogP contribution in [0.25, 0.3) is 0 Å². The molecule has 222 valence electrons. The summed E-state index contributed by atoms with van der Waals surface area (Å²) in [7, 11) is 0. The number of nitrogens with zero attached hydrogens (tertiary/aromatic N) is 1. The van der Waals surface area contributed by atoms with E-state index in [4.69, 9.17) is 31.2 Å². The van der Waals surface area contributed by atoms with Crippen molar-refractivity contribution in [2.24, 2.45) is 4.99 Å². The van der Waals surface area contributed by atoms with Crippen LogP contribution < -0.4 is 15.6 Å². The Balaban J connectivity index is 1.51. The summed E-state index contributed by atoms with van der Waals surface area (Å²) in [6, 6.07) is 30.4. The van der Waals surface area contributed by atoms with E-state index in [0.717, 1.165) is 25.6 Å². The van der Waals surface area contributed by atoms with Gasteiger partial charge in [-0.05, 0) is 71.3 Å². The molecule has 43 heavy (non-hydrogen) atoms. The first-order valence-electron chi connectivity index (χ1n) is 13.8. The highest BCUT2D eigenvalue weighted by atomic mass is 79.9. The number of carbonyl (C=O) groups is 1. The van der Waals surface area contributed by atoms with Crippen LogP contribution in [0.3, 0.4) is 0 Å². The number of carbonyl (C=O) groups excluding carboxylic acids is 1. The van der Waals surface area contributed by atoms with E-state index in [-0.39, 0.29) is 18.9 Å². The molecule has 0 bridgehead atoms. The number of rotatable bonds is 12. The first-order chi connectivity index (χ1) is 20.9. The first kappa shape index (κ1) is 31.2. The fourth-order valence-electron chi connectivity index (χ4n) is 4.80. The predicted molar refractivity (Wildman–Crippen MR) is 175 cm³/mol. The number of amides is 1. The van der Waals surface area contributed by atoms with E-state index in [9.17, 15) is 4.79 Å². The van der Waals surface area contributed by atoms with Gasteiger partial charge in [0.2, 0.25) is 5.90 Å². The Kier molecular flexibility index (Phi) is 10.5. The number of aliphatic hydroxyl groups is 1. The minimum Gasteiger partial charge on any atom is -0.494 e. The second-order valence-corrected chi connectivity index (χ2v) is 12.3. The van der Waals surface area contributed by atoms with Crippen LogP contribution in [0, 0.1) is 0 Å². The molecule has 0 spiro atoms. The lowest BCUT2D eigenvalue weighted by Crippen LogP contribution is -2.53. The van der Waals surface area contributed by atoms with Crippen molar-refractivity contribution in [3.8, 4) is 5.75 Å². The number of nitrogens with one attached hydrogen (secondary N) is 2. The predicted octanol–water partition coefficient (Wildman–Crippen LogP) is 6.95. The molecule has 0 fully saturated rings. The van der Waals surface area contributed by atoms with E-state index in [2.05, 4.69) is 42.7 Å². The molecular formula is C33H30Br2ClN3O4. The summed E-state index contributed by atoms with van der Waals surface area (Å²) in [5, 5.41) is 9.65. The first-order valence-corrected chi connectivity index (χ1v) is 15.7. The van der Waals surface area contributed by atoms with Gasteiger partial charge in [-0.25, -0.2) is 10.4 Å². The second-order valence-electron chi connectivity index (χ2n) is 10.0. The number of hydrogen-bond donors (Lipinski definition) is 3. The Hall–Kier alpha value is -3.21. The van der Waals surface area contributed by atoms with E-state index in [0.29, 0.717) is 41.8 Å². The summed E-state index contributed by atoms with van der Waals surface area (Å²) in [4.78, 5) is 19.3. The van der Waals surface area contributed by atoms with Crippen LogP contribution in [0.4, 0.5) is 0 Å². The molecule has 4 aromatic carbocycles. The lowest BCUT2D eigenvalue weighted by atomic mass is 9.82. The zero-order chi connectivity index (χ0) is 30.2. The molecule has 10 heteroatoms. The van der Waals surface area contributed by atoms with Crippen LogP contribution in [0.2, 0.25) is 5.02 Å². The van der Waals surface area contributed by atoms with E-state index in [1.165, 1.54) is 0 Å². The fraction of sp³-hybridized carbons (Fsp3) is 0.212. The fourth-order valence-corrected chi connectivity index (χ4v) is 5.53. The van der Waals surface area contributed by atoms with Crippen LogP contribution in [0.5, 0.6) is 5.75 Å². The van der Waals surface area contributed by atoms with Crippen molar-refractivity contribution < 1.29 is 19.4 Å². The molecule has 1 amide bonds. The Bertz CT molecular complexity index is 1570. The molecule has 2 atom stereocenters. The monoisotopic (exact) mass is 725 g/mol. The van der Waals surface area contributed by atoms with Gasteiger partial charge in [0.1, 0.15) is 5.75 Å². The number of hydrazine groups is 1. The number of aliphatic hydroxyl groups excluding tert-OH is 1. The topological polar surface area (TPSA) is 92.2 Å². The van der Waals surface area contributed by atoms with Crippen LogP contribution in [0.1, 0.15) is 34.8 Å². The minimum absolute atomic E-state index is 0.0654. The van der Waals surface area contributed by atoms with Gasteiger partial charge < -0.3 is 14.6 Å². The smallest absolute Gasteiger partial charge is 0.266 e. The summed E-state index contributed by atoms with van der Waals surface area (Å²) in [5.74, 6) is 0.686. The summed E-state index contributed by atoms with van der Waals surface area (Å²) in [6.45, 7) is 0.810. The molecule has 0 saturated carbocycles. The number of aliphatic imine (C=N–C) groups is 1. The van der Waals surface area contributed by atoms with Gasteiger partial charge in [-0.2, -0.15) is 0 Å². The molecule has 4 aromatic rings. The number of hydrogen-bond acceptors (Lipinski definition) is 6. The highest BCUT2D eigenvalue weighted by molar-refractivity contribution is 9.10. The maximum Gasteiger partial charge on any atom is 0.266 e. The third-order valence-corrected chi connectivity index (χ3v) is 8.45. The van der Waals surface area contributed by atoms with Crippen LogP contribution in [-0.4, -0.2) is 35.7 Å². The molecule has 5 rings (SSSR count). The van der Waals surface area contributed by atoms with Crippen molar-refractivity contribution in [1.82, 2.24) is 10.9 Å². The standard InChI is InChI=1S/C33H30Br2ClN3O4/c34-26-12-6-22(7-13-26)20-33(32(41)39-37-21-25-4-1-2-5-29(25)36)30(23-8-14-27(35)15-9-23)43-31(38-33)24-10-16-28(17-11-24)42-19-3-18-40/h1-2,4-17,30,37,40H,3,18-21H2,(H,39,41)/t30-,33-/m0/s1. The highest BCUT2D eigenvalue weighted by Gasteiger charge is 2.53. The minimum atomic E-state index is -1.35. The van der Waals surface area contributed by atoms with Crippen LogP contribution in [0.15, 0.2) is 111 Å². The Morgan fingerprint density at radius 3 is 2.30 bits per heavy atom. The van der Waals surface area contributed by atoms with Crippen molar-refractivity contribution >= 4 is 55.3 Å². The normalized spacial score (nSPS) is 17.7. The Morgan fingerprint density at radius 1 is 0.953 bits per heavy atom. The molecular weight excluding hydrogens is 698 g/mol. The maximum absolute atomic E-state index is 14.3. The van der Waals surface area contributed by atoms with Crippen LogP contribution in [-0.2, 0) is 22.5 Å². The molecule has 0 unspecified atom stereocenters. The van der Waals surface area contributed by atoms with Gasteiger partial charge >= 0.3 is 0 Å². The number of ether oxygens (including phenoxy) is 2. The van der Waals surface area contributed by atoms with Gasteiger partial charge in [0, 0.05) is 45.5 Å². The molecule has 1 aliphatic rings. The SMILES string of the molecule is O=C(NNCc1ccccc1Cl)[C@@]1(Cc2ccc(Br)cc2)N=C(c2ccc(OCCCO)cc2)O[C@H]1c1ccc(Br)cc1. The Labute approximate surface area is 272 Å². The summed E-state index contributed by atoms with van der Waals surface area (Å²) >= 11 is 13.4. The van der Waals surface area contributed by atoms with Gasteiger partial charge in [-0.1, -0.05) is 85.9 Å². The van der Waals surface area contributed by atoms with Crippen molar-refractivity contribution in [3.05, 3.63) is 133 Å². The molecule has 7 nitrogen and oxygen atoms in total. The molecule has 0 saturated heterocycles. The molecule has 1 heterocycles. The van der Waals surface area contributed by atoms with Crippen LogP contribution >= 0.6 is 43.5 Å². The highest BCUT2D eigenvalue weighted by Crippen LogP contribution is 2.43. The van der Waals surface area contributed by atoms with Gasteiger partial charge in [0.15, 0.2) is 11.6 Å². The summed E-state index contributed by atoms with van der Waals surface area (Å²) < 4.78 is 14.1. The average Bonchev–Trinajstić information content (AvgIpc) is 3.40. The van der Waals surface area contributed by atoms with E-state index < -0.39 is 11.6 Å². The van der Waals surface area contributed by atoms with Crippen molar-refractivity contribution in [3.63, 3.8) is 0 Å². The third kappa shape index (κ3) is 7.66. The van der Waals surface area contributed by atoms with Gasteiger partial charge in [0.05, 0.1) is 6.61 Å². The van der Waals surface area contributed by atoms with Crippen molar-refractivity contribution in [2.75, 3.05) is 13.2 Å². The van der Waals surface area contributed by atoms with E-state index in [1.807, 2.05) is 97.1 Å². The average molecular weight is 728 g/mol. The number of benzene rings is 4. The maximum atomic E-state index is 14.3. The van der Waals surface area contributed by atoms with Gasteiger partial charge in [-0.15, -0.1) is 0 Å². The third-order valence-electron chi connectivity index (χ3n) is 7.03. The zero-order valence-electron chi connectivity index (χ0n) is 23.1. The molecule has 0 aliphatic carbocycles. The van der Waals surface area contributed by atoms with E-state index in [1.54, 1.807) is 0 Å². The largest absolute Gasteiger partial charge is 0.494 e.